The highest BCUT2D eigenvalue weighted by Crippen LogP contribution is 2.56. The van der Waals surface area contributed by atoms with Crippen molar-refractivity contribution in [2.24, 2.45) is 5.73 Å². The first-order valence-corrected chi connectivity index (χ1v) is 15.1. The largest absolute Gasteiger partial charge is 0.495 e. The van der Waals surface area contributed by atoms with Crippen molar-refractivity contribution in [3.05, 3.63) is 129 Å². The highest BCUT2D eigenvalue weighted by Gasteiger charge is 2.54. The molecule has 7 nitrogen and oxygen atoms in total. The van der Waals surface area contributed by atoms with E-state index in [1.54, 1.807) is 36.4 Å². The van der Waals surface area contributed by atoms with Crippen molar-refractivity contribution in [1.82, 2.24) is 4.98 Å². The number of halogens is 1. The van der Waals surface area contributed by atoms with E-state index in [-0.39, 0.29) is 23.7 Å². The van der Waals surface area contributed by atoms with Gasteiger partial charge in [-0.15, -0.1) is 11.3 Å². The van der Waals surface area contributed by atoms with E-state index in [9.17, 15) is 9.59 Å². The van der Waals surface area contributed by atoms with Gasteiger partial charge in [0.15, 0.2) is 5.13 Å². The predicted octanol–water partition coefficient (Wildman–Crippen LogP) is 7.04. The van der Waals surface area contributed by atoms with E-state index in [0.29, 0.717) is 39.3 Å². The Balaban J connectivity index is 1.11. The SMILES string of the molecule is COc1ccc(NC(=O)c2cccc(-c3csc(NC(=O)C4(N)CC5c6ccccc6C4c4ccccc45)n3)c2)cc1Cl. The van der Waals surface area contributed by atoms with E-state index >= 15 is 0 Å². The van der Waals surface area contributed by atoms with Crippen LogP contribution in [0.5, 0.6) is 5.75 Å². The number of amides is 2. The van der Waals surface area contributed by atoms with Crippen LogP contribution in [0.4, 0.5) is 10.8 Å². The van der Waals surface area contributed by atoms with Gasteiger partial charge in [0, 0.05) is 34.0 Å². The number of anilines is 2. The average Bonchev–Trinajstić information content (AvgIpc) is 3.50. The molecular formula is C34H27ClN4O3S. The van der Waals surface area contributed by atoms with Crippen LogP contribution in [0.25, 0.3) is 11.3 Å². The Morgan fingerprint density at radius 3 is 2.30 bits per heavy atom. The Bertz CT molecular complexity index is 1860. The highest BCUT2D eigenvalue weighted by atomic mass is 35.5. The first-order chi connectivity index (χ1) is 20.9. The van der Waals surface area contributed by atoms with Crippen LogP contribution in [-0.2, 0) is 4.79 Å². The Hall–Kier alpha value is -4.50. The first-order valence-electron chi connectivity index (χ1n) is 13.8. The molecule has 9 heteroatoms. The van der Waals surface area contributed by atoms with Crippen LogP contribution in [0.2, 0.25) is 5.02 Å². The van der Waals surface area contributed by atoms with Crippen molar-refractivity contribution in [3.63, 3.8) is 0 Å². The van der Waals surface area contributed by atoms with Crippen LogP contribution in [0, 0.1) is 0 Å². The van der Waals surface area contributed by atoms with Crippen molar-refractivity contribution in [2.45, 2.75) is 23.8 Å². The fourth-order valence-corrected chi connectivity index (χ4v) is 7.39. The molecule has 0 aliphatic heterocycles. The summed E-state index contributed by atoms with van der Waals surface area (Å²) in [6, 6.07) is 28.8. The summed E-state index contributed by atoms with van der Waals surface area (Å²) in [6.07, 6.45) is 0.520. The Kier molecular flexibility index (Phi) is 6.77. The quantitative estimate of drug-likeness (QED) is 0.192. The molecule has 214 valence electrons. The molecule has 2 amide bonds. The number of ether oxygens (including phenoxy) is 1. The number of methoxy groups -OCH3 is 1. The molecule has 1 heterocycles. The lowest BCUT2D eigenvalue weighted by Gasteiger charge is -2.50. The normalized spacial score (nSPS) is 19.7. The molecule has 4 aromatic carbocycles. The van der Waals surface area contributed by atoms with E-state index < -0.39 is 5.54 Å². The Morgan fingerprint density at radius 1 is 0.930 bits per heavy atom. The van der Waals surface area contributed by atoms with Gasteiger partial charge in [-0.3, -0.25) is 9.59 Å². The van der Waals surface area contributed by atoms with Crippen LogP contribution in [0.1, 0.15) is 50.9 Å². The molecule has 0 fully saturated rings. The molecule has 1 atom stereocenters. The maximum Gasteiger partial charge on any atom is 0.255 e. The van der Waals surface area contributed by atoms with Gasteiger partial charge in [0.25, 0.3) is 5.91 Å². The zero-order chi connectivity index (χ0) is 29.7. The third-order valence-electron chi connectivity index (χ3n) is 8.40. The fourth-order valence-electron chi connectivity index (χ4n) is 6.42. The summed E-state index contributed by atoms with van der Waals surface area (Å²) in [5.41, 5.74) is 13.0. The number of hydrogen-bond acceptors (Lipinski definition) is 6. The smallest absolute Gasteiger partial charge is 0.255 e. The second kappa shape index (κ2) is 10.6. The van der Waals surface area contributed by atoms with E-state index in [2.05, 4.69) is 39.9 Å². The number of aromatic nitrogens is 1. The molecule has 0 saturated carbocycles. The first kappa shape index (κ1) is 27.3. The lowest BCUT2D eigenvalue weighted by atomic mass is 9.55. The molecular weight excluding hydrogens is 580 g/mol. The van der Waals surface area contributed by atoms with Gasteiger partial charge in [-0.2, -0.15) is 0 Å². The number of benzene rings is 4. The number of nitrogens with one attached hydrogen (secondary N) is 2. The summed E-state index contributed by atoms with van der Waals surface area (Å²) >= 11 is 7.53. The number of rotatable bonds is 6. The zero-order valence-electron chi connectivity index (χ0n) is 23.1. The number of fused-ring (bicyclic) bond motifs is 1. The van der Waals surface area contributed by atoms with E-state index in [1.165, 1.54) is 29.6 Å². The van der Waals surface area contributed by atoms with Crippen LogP contribution >= 0.6 is 22.9 Å². The summed E-state index contributed by atoms with van der Waals surface area (Å²) in [4.78, 5) is 31.6. The third kappa shape index (κ3) is 4.68. The molecule has 1 unspecified atom stereocenters. The van der Waals surface area contributed by atoms with E-state index in [4.69, 9.17) is 22.1 Å². The van der Waals surface area contributed by atoms with Crippen LogP contribution in [0.3, 0.4) is 0 Å². The number of carbonyl (C=O) groups excluding carboxylic acids is 2. The number of hydrogen-bond donors (Lipinski definition) is 3. The number of thiazole rings is 1. The van der Waals surface area contributed by atoms with Gasteiger partial charge in [0.1, 0.15) is 11.3 Å². The second-order valence-electron chi connectivity index (χ2n) is 10.9. The molecule has 0 saturated heterocycles. The zero-order valence-corrected chi connectivity index (χ0v) is 24.7. The van der Waals surface area contributed by atoms with Gasteiger partial charge < -0.3 is 21.1 Å². The van der Waals surface area contributed by atoms with Gasteiger partial charge in [0.2, 0.25) is 5.91 Å². The van der Waals surface area contributed by atoms with Crippen molar-refractivity contribution >= 4 is 45.6 Å². The maximum atomic E-state index is 13.9. The van der Waals surface area contributed by atoms with Gasteiger partial charge in [0.05, 0.1) is 17.8 Å². The van der Waals surface area contributed by atoms with Gasteiger partial charge in [-0.1, -0.05) is 72.3 Å². The summed E-state index contributed by atoms with van der Waals surface area (Å²) in [6.45, 7) is 0. The minimum Gasteiger partial charge on any atom is -0.495 e. The topological polar surface area (TPSA) is 106 Å². The van der Waals surface area contributed by atoms with Crippen LogP contribution in [-0.4, -0.2) is 29.4 Å². The molecule has 0 spiro atoms. The summed E-state index contributed by atoms with van der Waals surface area (Å²) in [5, 5.41) is 8.59. The van der Waals surface area contributed by atoms with Crippen LogP contribution < -0.4 is 21.1 Å². The molecule has 1 aromatic heterocycles. The molecule has 4 N–H and O–H groups in total. The summed E-state index contributed by atoms with van der Waals surface area (Å²) in [5.74, 6) is -0.203. The van der Waals surface area contributed by atoms with Crippen molar-refractivity contribution in [2.75, 3.05) is 17.7 Å². The maximum absolute atomic E-state index is 13.9. The molecule has 3 aliphatic rings. The highest BCUT2D eigenvalue weighted by molar-refractivity contribution is 7.14. The standard InChI is InChI=1S/C34H27ClN4O3S/c1-42-29-14-13-21(16-27(29)35)37-31(40)20-8-6-7-19(15-20)28-18-43-33(38-28)39-32(41)34(36)17-26-22-9-2-4-11-24(22)30(34)25-12-5-3-10-23(25)26/h2-16,18,26,30H,17,36H2,1H3,(H,37,40)(H,38,39,41). The molecule has 2 bridgehead atoms. The number of nitrogens with two attached hydrogens (primary N) is 1. The Morgan fingerprint density at radius 2 is 1.63 bits per heavy atom. The number of nitrogens with zero attached hydrogens (tertiary/aromatic N) is 1. The minimum atomic E-state index is -1.12. The minimum absolute atomic E-state index is 0.0582. The van der Waals surface area contributed by atoms with Crippen LogP contribution in [0.15, 0.2) is 96.4 Å². The monoisotopic (exact) mass is 606 g/mol. The second-order valence-corrected chi connectivity index (χ2v) is 12.1. The Labute approximate surface area is 257 Å². The molecule has 8 rings (SSSR count). The van der Waals surface area contributed by atoms with Crippen molar-refractivity contribution < 1.29 is 14.3 Å². The summed E-state index contributed by atoms with van der Waals surface area (Å²) < 4.78 is 5.18. The molecule has 5 aromatic rings. The predicted molar refractivity (Wildman–Crippen MR) is 170 cm³/mol. The molecule has 0 radical (unpaired) electrons. The molecule has 43 heavy (non-hydrogen) atoms. The fraction of sp³-hybridized carbons (Fsp3) is 0.147. The summed E-state index contributed by atoms with van der Waals surface area (Å²) in [7, 11) is 1.53. The van der Waals surface area contributed by atoms with E-state index in [0.717, 1.165) is 16.7 Å². The molecule has 3 aliphatic carbocycles. The van der Waals surface area contributed by atoms with Gasteiger partial charge in [-0.05, 0) is 59.0 Å². The van der Waals surface area contributed by atoms with Gasteiger partial charge >= 0.3 is 0 Å². The lowest BCUT2D eigenvalue weighted by Crippen LogP contribution is -2.60. The van der Waals surface area contributed by atoms with E-state index in [1.807, 2.05) is 35.7 Å². The van der Waals surface area contributed by atoms with Crippen molar-refractivity contribution in [1.29, 1.82) is 0 Å². The average molecular weight is 607 g/mol. The lowest BCUT2D eigenvalue weighted by molar-refractivity contribution is -0.122. The van der Waals surface area contributed by atoms with Gasteiger partial charge in [-0.25, -0.2) is 4.98 Å². The number of carbonyl (C=O) groups is 2. The van der Waals surface area contributed by atoms with Crippen molar-refractivity contribution in [3.8, 4) is 17.0 Å². The third-order valence-corrected chi connectivity index (χ3v) is 9.45.